The molecule has 1 aromatic heterocycles. The van der Waals surface area contributed by atoms with Gasteiger partial charge in [0.05, 0.1) is 6.61 Å². The van der Waals surface area contributed by atoms with Crippen LogP contribution < -0.4 is 10.5 Å². The number of aliphatic hydroxyl groups excluding tert-OH is 3. The Balaban J connectivity index is 1.70. The third kappa shape index (κ3) is 6.88. The van der Waals surface area contributed by atoms with Gasteiger partial charge in [0.15, 0.2) is 6.17 Å². The molecule has 0 spiro atoms. The van der Waals surface area contributed by atoms with Gasteiger partial charge in [-0.25, -0.2) is 4.39 Å². The summed E-state index contributed by atoms with van der Waals surface area (Å²) in [6, 6.07) is 7.69. The lowest BCUT2D eigenvalue weighted by atomic mass is 9.97. The van der Waals surface area contributed by atoms with Crippen molar-refractivity contribution in [2.75, 3.05) is 6.61 Å². The van der Waals surface area contributed by atoms with Crippen LogP contribution in [0.25, 0.3) is 0 Å². The summed E-state index contributed by atoms with van der Waals surface area (Å²) >= 11 is 0. The Morgan fingerprint density at radius 2 is 1.81 bits per heavy atom. The maximum atomic E-state index is 14.1. The minimum atomic E-state index is -1.95. The van der Waals surface area contributed by atoms with E-state index >= 15 is 0 Å². The van der Waals surface area contributed by atoms with Crippen LogP contribution in [0.5, 0.6) is 5.88 Å². The third-order valence-electron chi connectivity index (χ3n) is 6.21. The van der Waals surface area contributed by atoms with Crippen molar-refractivity contribution in [3.05, 3.63) is 46.6 Å². The molecule has 2 heterocycles. The standard InChI is InChI=1S/C25H34FN3O7/c1-13(2)21-17(11-15-5-3-14(4-6-15)7-8-16(31)9-10-19(27)32)24(29-28-21)36-25-23(34)22(33)20(26)18(12-30)35-25/h3-6,13,18,20,22-23,25,30,33-34H,7-12H2,1-2H3,(H2,27,32)(H,28,29). The summed E-state index contributed by atoms with van der Waals surface area (Å²) in [5.74, 6) is -0.289. The molecule has 198 valence electrons. The monoisotopic (exact) mass is 507 g/mol. The number of carbonyl (C=O) groups excluding carboxylic acids is 2. The predicted molar refractivity (Wildman–Crippen MR) is 127 cm³/mol. The first kappa shape index (κ1) is 27.7. The number of hydrogen-bond acceptors (Lipinski definition) is 8. The van der Waals surface area contributed by atoms with Crippen molar-refractivity contribution in [2.45, 2.75) is 82.6 Å². The molecule has 10 nitrogen and oxygen atoms in total. The molecule has 1 aliphatic heterocycles. The van der Waals surface area contributed by atoms with Crippen LogP contribution in [0.1, 0.15) is 61.4 Å². The molecule has 6 N–H and O–H groups in total. The van der Waals surface area contributed by atoms with E-state index in [-0.39, 0.29) is 30.4 Å². The maximum Gasteiger partial charge on any atom is 0.238 e. The molecular weight excluding hydrogens is 473 g/mol. The summed E-state index contributed by atoms with van der Waals surface area (Å²) in [5, 5.41) is 36.7. The van der Waals surface area contributed by atoms with E-state index in [2.05, 4.69) is 10.2 Å². The molecule has 1 fully saturated rings. The number of nitrogens with two attached hydrogens (primary N) is 1. The second-order valence-corrected chi connectivity index (χ2v) is 9.34. The van der Waals surface area contributed by atoms with Gasteiger partial charge in [0, 0.05) is 36.9 Å². The van der Waals surface area contributed by atoms with E-state index in [1.807, 2.05) is 38.1 Å². The topological polar surface area (TPSA) is 168 Å². The first-order chi connectivity index (χ1) is 17.1. The van der Waals surface area contributed by atoms with E-state index in [1.54, 1.807) is 0 Å². The number of rotatable bonds is 12. The number of ether oxygens (including phenoxy) is 2. The quantitative estimate of drug-likeness (QED) is 0.284. The van der Waals surface area contributed by atoms with Crippen molar-refractivity contribution in [1.29, 1.82) is 0 Å². The lowest BCUT2D eigenvalue weighted by Gasteiger charge is -2.38. The van der Waals surface area contributed by atoms with Crippen LogP contribution in [-0.2, 0) is 27.2 Å². The molecule has 5 unspecified atom stereocenters. The summed E-state index contributed by atoms with van der Waals surface area (Å²) in [5.41, 5.74) is 8.52. The molecule has 2 aromatic rings. The maximum absolute atomic E-state index is 14.1. The number of alkyl halides is 1. The smallest absolute Gasteiger partial charge is 0.238 e. The zero-order valence-electron chi connectivity index (χ0n) is 20.4. The second-order valence-electron chi connectivity index (χ2n) is 9.34. The fraction of sp³-hybridized carbons (Fsp3) is 0.560. The minimum Gasteiger partial charge on any atom is -0.443 e. The van der Waals surface area contributed by atoms with Crippen LogP contribution in [0.2, 0.25) is 0 Å². The second kappa shape index (κ2) is 12.4. The average molecular weight is 508 g/mol. The first-order valence-electron chi connectivity index (χ1n) is 12.0. The van der Waals surface area contributed by atoms with E-state index < -0.39 is 43.3 Å². The number of Topliss-reactive ketones (excluding diaryl/α,β-unsaturated/α-hetero) is 1. The number of aromatic nitrogens is 2. The number of nitrogens with one attached hydrogen (secondary N) is 1. The van der Waals surface area contributed by atoms with Crippen molar-refractivity contribution in [1.82, 2.24) is 10.2 Å². The average Bonchev–Trinajstić information content (AvgIpc) is 3.24. The van der Waals surface area contributed by atoms with Crippen LogP contribution in [0.4, 0.5) is 4.39 Å². The van der Waals surface area contributed by atoms with Gasteiger partial charge in [0.25, 0.3) is 0 Å². The molecule has 3 rings (SSSR count). The van der Waals surface area contributed by atoms with Crippen LogP contribution in [0, 0.1) is 0 Å². The van der Waals surface area contributed by atoms with Gasteiger partial charge in [-0.15, -0.1) is 5.10 Å². The molecule has 1 aromatic carbocycles. The Morgan fingerprint density at radius 1 is 1.14 bits per heavy atom. The zero-order valence-corrected chi connectivity index (χ0v) is 20.4. The summed E-state index contributed by atoms with van der Waals surface area (Å²) in [4.78, 5) is 22.7. The molecule has 1 saturated heterocycles. The van der Waals surface area contributed by atoms with Gasteiger partial charge in [0.1, 0.15) is 24.1 Å². The number of aryl methyl sites for hydroxylation is 1. The molecule has 5 atom stereocenters. The lowest BCUT2D eigenvalue weighted by molar-refractivity contribution is -0.265. The van der Waals surface area contributed by atoms with Crippen molar-refractivity contribution < 1.29 is 38.8 Å². The third-order valence-corrected chi connectivity index (χ3v) is 6.21. The van der Waals surface area contributed by atoms with Gasteiger partial charge >= 0.3 is 0 Å². The first-order valence-corrected chi connectivity index (χ1v) is 12.0. The Morgan fingerprint density at radius 3 is 2.42 bits per heavy atom. The highest BCUT2D eigenvalue weighted by atomic mass is 19.1. The molecular formula is C25H34FN3O7. The highest BCUT2D eigenvalue weighted by Gasteiger charge is 2.46. The molecule has 0 aliphatic carbocycles. The number of halogens is 1. The van der Waals surface area contributed by atoms with Crippen LogP contribution >= 0.6 is 0 Å². The summed E-state index contributed by atoms with van der Waals surface area (Å²) < 4.78 is 25.2. The molecule has 11 heteroatoms. The van der Waals surface area contributed by atoms with E-state index in [1.165, 1.54) is 0 Å². The van der Waals surface area contributed by atoms with E-state index in [0.29, 0.717) is 24.8 Å². The number of aromatic amines is 1. The minimum absolute atomic E-state index is 0.0144. The molecule has 36 heavy (non-hydrogen) atoms. The van der Waals surface area contributed by atoms with E-state index in [4.69, 9.17) is 15.2 Å². The normalized spacial score (nSPS) is 24.1. The lowest BCUT2D eigenvalue weighted by Crippen LogP contribution is -2.58. The number of benzene rings is 1. The number of ketones is 1. The van der Waals surface area contributed by atoms with Gasteiger partial charge in [-0.2, -0.15) is 0 Å². The highest BCUT2D eigenvalue weighted by molar-refractivity contribution is 5.84. The Bertz CT molecular complexity index is 1030. The summed E-state index contributed by atoms with van der Waals surface area (Å²) in [7, 11) is 0. The number of primary amides is 1. The molecule has 0 bridgehead atoms. The Kier molecular flexibility index (Phi) is 9.55. The van der Waals surface area contributed by atoms with Gasteiger partial charge in [-0.3, -0.25) is 14.7 Å². The van der Waals surface area contributed by atoms with Gasteiger partial charge in [-0.05, 0) is 23.5 Å². The van der Waals surface area contributed by atoms with Crippen molar-refractivity contribution >= 4 is 11.7 Å². The highest BCUT2D eigenvalue weighted by Crippen LogP contribution is 2.31. The number of H-pyrrole nitrogens is 1. The summed E-state index contributed by atoms with van der Waals surface area (Å²) in [6.07, 6.45) is -6.63. The van der Waals surface area contributed by atoms with Crippen LogP contribution in [0.3, 0.4) is 0 Å². The largest absolute Gasteiger partial charge is 0.443 e. The number of nitrogens with zero attached hydrogens (tertiary/aromatic N) is 1. The van der Waals surface area contributed by atoms with Crippen molar-refractivity contribution in [2.24, 2.45) is 5.73 Å². The molecule has 1 amide bonds. The van der Waals surface area contributed by atoms with E-state index in [9.17, 15) is 29.3 Å². The van der Waals surface area contributed by atoms with Crippen LogP contribution in [0.15, 0.2) is 24.3 Å². The van der Waals surface area contributed by atoms with Gasteiger partial charge in [0.2, 0.25) is 18.1 Å². The fourth-order valence-corrected chi connectivity index (χ4v) is 4.05. The predicted octanol–water partition coefficient (Wildman–Crippen LogP) is 1.05. The Hall–Kier alpha value is -2.86. The molecule has 1 aliphatic rings. The number of aliphatic hydroxyl groups is 3. The van der Waals surface area contributed by atoms with Crippen molar-refractivity contribution in [3.8, 4) is 5.88 Å². The van der Waals surface area contributed by atoms with E-state index in [0.717, 1.165) is 16.8 Å². The van der Waals surface area contributed by atoms with Crippen LogP contribution in [-0.4, -0.2) is 74.6 Å². The number of hydrogen-bond donors (Lipinski definition) is 5. The number of amides is 1. The van der Waals surface area contributed by atoms with Gasteiger partial charge in [-0.1, -0.05) is 38.1 Å². The summed E-state index contributed by atoms with van der Waals surface area (Å²) in [6.45, 7) is 3.27. The van der Waals surface area contributed by atoms with Crippen molar-refractivity contribution in [3.63, 3.8) is 0 Å². The van der Waals surface area contributed by atoms with Gasteiger partial charge < -0.3 is 30.5 Å². The fourth-order valence-electron chi connectivity index (χ4n) is 4.05. The number of carbonyl (C=O) groups is 2. The molecule has 0 radical (unpaired) electrons. The SMILES string of the molecule is CC(C)c1[nH]nc(OC2OC(CO)C(F)C(O)C2O)c1Cc1ccc(CCC(=O)CCC(N)=O)cc1. The zero-order chi connectivity index (χ0) is 26.4. The Labute approximate surface area is 208 Å². The molecule has 0 saturated carbocycles.